The highest BCUT2D eigenvalue weighted by Gasteiger charge is 2.42. The number of carbonyl (C=O) groups excluding carboxylic acids is 2. The summed E-state index contributed by atoms with van der Waals surface area (Å²) in [6.45, 7) is 6.46. The molecular weight excluding hydrogens is 448 g/mol. The van der Waals surface area contributed by atoms with Crippen molar-refractivity contribution in [2.24, 2.45) is 5.92 Å². The molecule has 3 heterocycles. The van der Waals surface area contributed by atoms with Crippen molar-refractivity contribution in [1.29, 1.82) is 0 Å². The maximum atomic E-state index is 13.5. The Morgan fingerprint density at radius 3 is 2.62 bits per heavy atom. The fourth-order valence-corrected chi connectivity index (χ4v) is 5.33. The van der Waals surface area contributed by atoms with Crippen molar-refractivity contribution in [2.45, 2.75) is 51.8 Å². The molecule has 0 bridgehead atoms. The van der Waals surface area contributed by atoms with Gasteiger partial charge in [0.2, 0.25) is 11.8 Å². The lowest BCUT2D eigenvalue weighted by molar-refractivity contribution is -0.140. The van der Waals surface area contributed by atoms with Crippen LogP contribution in [0.25, 0.3) is 10.4 Å². The first-order valence-corrected chi connectivity index (χ1v) is 12.4. The van der Waals surface area contributed by atoms with Crippen molar-refractivity contribution in [2.75, 3.05) is 6.54 Å². The average molecular weight is 479 g/mol. The van der Waals surface area contributed by atoms with Crippen LogP contribution in [0.5, 0.6) is 0 Å². The molecule has 0 radical (unpaired) electrons. The third kappa shape index (κ3) is 5.18. The molecule has 2 aromatic heterocycles. The number of aromatic nitrogens is 2. The summed E-state index contributed by atoms with van der Waals surface area (Å²) >= 11 is 1.60. The summed E-state index contributed by atoms with van der Waals surface area (Å²) in [6.07, 6.45) is 2.88. The Morgan fingerprint density at radius 1 is 1.24 bits per heavy atom. The number of carbonyl (C=O) groups is 2. The number of aryl methyl sites for hydroxylation is 1. The van der Waals surface area contributed by atoms with Gasteiger partial charge in [-0.15, -0.1) is 11.3 Å². The Morgan fingerprint density at radius 2 is 2.00 bits per heavy atom. The summed E-state index contributed by atoms with van der Waals surface area (Å²) in [5, 5.41) is 13.3. The van der Waals surface area contributed by atoms with Crippen LogP contribution in [0.2, 0.25) is 0 Å². The number of hydrogen-bond donors (Lipinski definition) is 2. The molecular formula is C26H30N4O3S. The molecule has 1 fully saturated rings. The van der Waals surface area contributed by atoms with Gasteiger partial charge in [-0.3, -0.25) is 14.6 Å². The van der Waals surface area contributed by atoms with E-state index < -0.39 is 18.1 Å². The summed E-state index contributed by atoms with van der Waals surface area (Å²) in [6, 6.07) is 11.0. The van der Waals surface area contributed by atoms with Crippen molar-refractivity contribution in [3.05, 3.63) is 71.1 Å². The van der Waals surface area contributed by atoms with E-state index in [1.54, 1.807) is 23.7 Å². The van der Waals surface area contributed by atoms with Crippen LogP contribution in [0.15, 0.2) is 54.3 Å². The van der Waals surface area contributed by atoms with Crippen LogP contribution < -0.4 is 5.32 Å². The van der Waals surface area contributed by atoms with Gasteiger partial charge in [0.25, 0.3) is 0 Å². The molecule has 34 heavy (non-hydrogen) atoms. The molecule has 1 aliphatic rings. The Hall–Kier alpha value is -3.10. The number of nitrogens with zero attached hydrogens (tertiary/aromatic N) is 3. The van der Waals surface area contributed by atoms with Gasteiger partial charge in [0.15, 0.2) is 0 Å². The maximum absolute atomic E-state index is 13.5. The molecule has 2 amide bonds. The monoisotopic (exact) mass is 478 g/mol. The first kappa shape index (κ1) is 24.0. The predicted molar refractivity (Wildman–Crippen MR) is 132 cm³/mol. The van der Waals surface area contributed by atoms with Crippen molar-refractivity contribution in [3.63, 3.8) is 0 Å². The van der Waals surface area contributed by atoms with Crippen LogP contribution in [0, 0.1) is 12.8 Å². The molecule has 2 N–H and O–H groups in total. The van der Waals surface area contributed by atoms with E-state index in [0.717, 1.165) is 27.3 Å². The molecule has 0 aliphatic carbocycles. The second kappa shape index (κ2) is 10.4. The SMILES string of the molecule is Cc1ncsc1-c1ccc(CNC(=O)[C@@H]2C[C@@H](O)CN2C(=O)C(c2cccnc2)C(C)C)cc1. The Balaban J connectivity index is 1.43. The van der Waals surface area contributed by atoms with Crippen LogP contribution in [0.1, 0.15) is 43.0 Å². The zero-order valence-electron chi connectivity index (χ0n) is 19.6. The minimum absolute atomic E-state index is 0.0267. The van der Waals surface area contributed by atoms with E-state index in [-0.39, 0.29) is 30.7 Å². The van der Waals surface area contributed by atoms with E-state index in [9.17, 15) is 14.7 Å². The quantitative estimate of drug-likeness (QED) is 0.542. The highest BCUT2D eigenvalue weighted by molar-refractivity contribution is 7.13. The van der Waals surface area contributed by atoms with Crippen LogP contribution in [-0.2, 0) is 16.1 Å². The molecule has 1 aromatic carbocycles. The van der Waals surface area contributed by atoms with Gasteiger partial charge < -0.3 is 15.3 Å². The number of nitrogens with one attached hydrogen (secondary N) is 1. The third-order valence-corrected chi connectivity index (χ3v) is 7.25. The number of hydrogen-bond acceptors (Lipinski definition) is 6. The van der Waals surface area contributed by atoms with Crippen molar-refractivity contribution in [1.82, 2.24) is 20.2 Å². The second-order valence-corrected chi connectivity index (χ2v) is 9.94. The highest BCUT2D eigenvalue weighted by atomic mass is 32.1. The number of likely N-dealkylation sites (tertiary alicyclic amines) is 1. The van der Waals surface area contributed by atoms with E-state index in [1.165, 1.54) is 4.90 Å². The molecule has 1 unspecified atom stereocenters. The van der Waals surface area contributed by atoms with E-state index in [0.29, 0.717) is 6.54 Å². The first-order valence-electron chi connectivity index (χ1n) is 11.5. The molecule has 8 heteroatoms. The van der Waals surface area contributed by atoms with Crippen LogP contribution >= 0.6 is 11.3 Å². The molecule has 3 atom stereocenters. The predicted octanol–water partition coefficient (Wildman–Crippen LogP) is 3.53. The lowest BCUT2D eigenvalue weighted by atomic mass is 9.88. The normalized spacial score (nSPS) is 18.8. The van der Waals surface area contributed by atoms with Crippen LogP contribution in [0.4, 0.5) is 0 Å². The Labute approximate surface area is 203 Å². The number of pyridine rings is 1. The van der Waals surface area contributed by atoms with E-state index in [2.05, 4.69) is 15.3 Å². The van der Waals surface area contributed by atoms with Gasteiger partial charge in [0.05, 0.1) is 28.1 Å². The topological polar surface area (TPSA) is 95.4 Å². The number of rotatable bonds is 7. The zero-order chi connectivity index (χ0) is 24.2. The fourth-order valence-electron chi connectivity index (χ4n) is 4.52. The summed E-state index contributed by atoms with van der Waals surface area (Å²) in [5.74, 6) is -0.791. The molecule has 178 valence electrons. The van der Waals surface area contributed by atoms with Gasteiger partial charge in [0, 0.05) is 31.9 Å². The van der Waals surface area contributed by atoms with E-state index in [1.807, 2.05) is 62.7 Å². The molecule has 1 saturated heterocycles. The van der Waals surface area contributed by atoms with Gasteiger partial charge in [-0.2, -0.15) is 0 Å². The second-order valence-electron chi connectivity index (χ2n) is 9.09. The lowest BCUT2D eigenvalue weighted by Crippen LogP contribution is -2.48. The first-order chi connectivity index (χ1) is 16.3. The van der Waals surface area contributed by atoms with Crippen molar-refractivity contribution >= 4 is 23.2 Å². The number of aliphatic hydroxyl groups is 1. The molecule has 3 aromatic rings. The minimum atomic E-state index is -0.719. The number of aliphatic hydroxyl groups excluding tert-OH is 1. The molecule has 1 aliphatic heterocycles. The standard InChI is InChI=1S/C26H30N4O3S/c1-16(2)23(20-5-4-10-27-13-20)26(33)30-14-21(31)11-22(30)25(32)28-12-18-6-8-19(9-7-18)24-17(3)29-15-34-24/h4-10,13,15-16,21-23,31H,11-12,14H2,1-3H3,(H,28,32)/t21-,22+,23?/m1/s1. The van der Waals surface area contributed by atoms with E-state index in [4.69, 9.17) is 0 Å². The molecule has 7 nitrogen and oxygen atoms in total. The van der Waals surface area contributed by atoms with Gasteiger partial charge in [-0.05, 0) is 35.6 Å². The van der Waals surface area contributed by atoms with Crippen molar-refractivity contribution in [3.8, 4) is 10.4 Å². The van der Waals surface area contributed by atoms with Crippen LogP contribution in [-0.4, -0.2) is 50.5 Å². The number of benzene rings is 1. The minimum Gasteiger partial charge on any atom is -0.391 e. The van der Waals surface area contributed by atoms with Gasteiger partial charge in [-0.25, -0.2) is 4.98 Å². The van der Waals surface area contributed by atoms with E-state index >= 15 is 0 Å². The summed E-state index contributed by atoms with van der Waals surface area (Å²) in [7, 11) is 0. The zero-order valence-corrected chi connectivity index (χ0v) is 20.5. The highest BCUT2D eigenvalue weighted by Crippen LogP contribution is 2.30. The number of thiazole rings is 1. The van der Waals surface area contributed by atoms with Gasteiger partial charge in [-0.1, -0.05) is 44.2 Å². The number of β-amino-alcohol motifs (C(OH)–C–C–N with tert-alkyl or cyclic N) is 1. The Bertz CT molecular complexity index is 1130. The third-order valence-electron chi connectivity index (χ3n) is 6.27. The molecule has 4 rings (SSSR count). The molecule has 0 saturated carbocycles. The Kier molecular flexibility index (Phi) is 7.38. The number of amides is 2. The summed E-state index contributed by atoms with van der Waals surface area (Å²) < 4.78 is 0. The summed E-state index contributed by atoms with van der Waals surface area (Å²) in [5.41, 5.74) is 5.72. The summed E-state index contributed by atoms with van der Waals surface area (Å²) in [4.78, 5) is 37.7. The fraction of sp³-hybridized carbons (Fsp3) is 0.385. The van der Waals surface area contributed by atoms with Crippen LogP contribution in [0.3, 0.4) is 0 Å². The average Bonchev–Trinajstić information content (AvgIpc) is 3.44. The lowest BCUT2D eigenvalue weighted by Gasteiger charge is -2.30. The van der Waals surface area contributed by atoms with Gasteiger partial charge >= 0.3 is 0 Å². The molecule has 0 spiro atoms. The largest absolute Gasteiger partial charge is 0.391 e. The van der Waals surface area contributed by atoms with Crippen molar-refractivity contribution < 1.29 is 14.7 Å². The van der Waals surface area contributed by atoms with Gasteiger partial charge in [0.1, 0.15) is 6.04 Å². The maximum Gasteiger partial charge on any atom is 0.243 e. The smallest absolute Gasteiger partial charge is 0.243 e.